The average Bonchev–Trinajstić information content (AvgIpc) is 2.49. The quantitative estimate of drug-likeness (QED) is 0.930. The fourth-order valence-electron chi connectivity index (χ4n) is 3.61. The summed E-state index contributed by atoms with van der Waals surface area (Å²) in [6.45, 7) is 0. The molecule has 20 heavy (non-hydrogen) atoms. The monoisotopic (exact) mass is 292 g/mol. The Labute approximate surface area is 125 Å². The number of halogens is 1. The molecule has 3 atom stereocenters. The van der Waals surface area contributed by atoms with E-state index in [1.54, 1.807) is 12.4 Å². The molecule has 1 saturated carbocycles. The second-order valence-corrected chi connectivity index (χ2v) is 6.47. The second kappa shape index (κ2) is 6.23. The standard InChI is InChI=1S/C16H21ClN2O/c17-13-10-18-8-7-12(13)9-16(20)15-6-5-11-3-1-2-4-14(11)19-15/h7-8,10-11,14-15,19H,1-6,9H2. The van der Waals surface area contributed by atoms with Crippen LogP contribution in [0.25, 0.3) is 0 Å². The molecule has 1 N–H and O–H groups in total. The second-order valence-electron chi connectivity index (χ2n) is 6.06. The van der Waals surface area contributed by atoms with Crippen molar-refractivity contribution in [3.63, 3.8) is 0 Å². The van der Waals surface area contributed by atoms with Crippen LogP contribution in [-0.4, -0.2) is 22.9 Å². The minimum absolute atomic E-state index is 0.0126. The van der Waals surface area contributed by atoms with Gasteiger partial charge in [0.25, 0.3) is 0 Å². The maximum absolute atomic E-state index is 12.5. The van der Waals surface area contributed by atoms with Crippen molar-refractivity contribution in [3.05, 3.63) is 29.0 Å². The Balaban J connectivity index is 1.62. The number of ketones is 1. The number of rotatable bonds is 3. The Morgan fingerprint density at radius 3 is 3.00 bits per heavy atom. The van der Waals surface area contributed by atoms with Crippen molar-refractivity contribution in [2.75, 3.05) is 0 Å². The summed E-state index contributed by atoms with van der Waals surface area (Å²) in [7, 11) is 0. The summed E-state index contributed by atoms with van der Waals surface area (Å²) in [5.41, 5.74) is 0.888. The smallest absolute Gasteiger partial charge is 0.154 e. The van der Waals surface area contributed by atoms with Gasteiger partial charge in [-0.2, -0.15) is 0 Å². The molecule has 1 saturated heterocycles. The fraction of sp³-hybridized carbons (Fsp3) is 0.625. The predicted molar refractivity (Wildman–Crippen MR) is 79.9 cm³/mol. The highest BCUT2D eigenvalue weighted by Gasteiger charge is 2.34. The van der Waals surface area contributed by atoms with E-state index in [2.05, 4.69) is 10.3 Å². The first-order valence-electron chi connectivity index (χ1n) is 7.61. The molecule has 3 rings (SSSR count). The Kier molecular flexibility index (Phi) is 4.37. The van der Waals surface area contributed by atoms with E-state index in [4.69, 9.17) is 11.6 Å². The van der Waals surface area contributed by atoms with Gasteiger partial charge in [-0.3, -0.25) is 9.78 Å². The molecule has 2 heterocycles. The number of pyridine rings is 1. The molecule has 1 aromatic rings. The summed E-state index contributed by atoms with van der Waals surface area (Å²) < 4.78 is 0. The third-order valence-electron chi connectivity index (χ3n) is 4.76. The molecule has 0 bridgehead atoms. The Bertz CT molecular complexity index is 491. The summed E-state index contributed by atoms with van der Waals surface area (Å²) in [6.07, 6.45) is 11.1. The molecule has 0 spiro atoms. The molecule has 2 fully saturated rings. The van der Waals surface area contributed by atoms with Crippen molar-refractivity contribution in [3.8, 4) is 0 Å². The lowest BCUT2D eigenvalue weighted by Gasteiger charge is -2.40. The van der Waals surface area contributed by atoms with E-state index in [9.17, 15) is 4.79 Å². The zero-order chi connectivity index (χ0) is 13.9. The van der Waals surface area contributed by atoms with Gasteiger partial charge < -0.3 is 5.32 Å². The number of carbonyl (C=O) groups is 1. The van der Waals surface area contributed by atoms with E-state index in [1.165, 1.54) is 32.1 Å². The summed E-state index contributed by atoms with van der Waals surface area (Å²) >= 11 is 6.08. The zero-order valence-corrected chi connectivity index (χ0v) is 12.4. The largest absolute Gasteiger partial charge is 0.304 e. The zero-order valence-electron chi connectivity index (χ0n) is 11.6. The molecule has 3 nitrogen and oxygen atoms in total. The minimum Gasteiger partial charge on any atom is -0.304 e. The number of Topliss-reactive ketones (excluding diaryl/α,β-unsaturated/α-hetero) is 1. The molecule has 0 radical (unpaired) electrons. The third-order valence-corrected chi connectivity index (χ3v) is 5.10. The maximum Gasteiger partial charge on any atom is 0.154 e. The number of hydrogen-bond donors (Lipinski definition) is 1. The summed E-state index contributed by atoms with van der Waals surface area (Å²) in [4.78, 5) is 16.4. The number of fused-ring (bicyclic) bond motifs is 1. The van der Waals surface area contributed by atoms with Gasteiger partial charge in [0, 0.05) is 24.9 Å². The number of nitrogens with zero attached hydrogens (tertiary/aromatic N) is 1. The molecule has 4 heteroatoms. The number of carbonyl (C=O) groups excluding carboxylic acids is 1. The van der Waals surface area contributed by atoms with E-state index in [0.717, 1.165) is 17.9 Å². The van der Waals surface area contributed by atoms with Gasteiger partial charge in [-0.1, -0.05) is 24.4 Å². The van der Waals surface area contributed by atoms with E-state index < -0.39 is 0 Å². The molecule has 3 unspecified atom stereocenters. The number of hydrogen-bond acceptors (Lipinski definition) is 3. The van der Waals surface area contributed by atoms with Crippen LogP contribution in [0.1, 0.15) is 44.1 Å². The van der Waals surface area contributed by atoms with Crippen molar-refractivity contribution in [1.29, 1.82) is 0 Å². The lowest BCUT2D eigenvalue weighted by Crippen LogP contribution is -2.52. The van der Waals surface area contributed by atoms with E-state index in [0.29, 0.717) is 17.5 Å². The number of piperidine rings is 1. The van der Waals surface area contributed by atoms with Crippen molar-refractivity contribution in [1.82, 2.24) is 10.3 Å². The van der Waals surface area contributed by atoms with Gasteiger partial charge in [-0.15, -0.1) is 0 Å². The summed E-state index contributed by atoms with van der Waals surface area (Å²) in [6, 6.07) is 2.41. The van der Waals surface area contributed by atoms with Gasteiger partial charge in [0.2, 0.25) is 0 Å². The van der Waals surface area contributed by atoms with Crippen molar-refractivity contribution < 1.29 is 4.79 Å². The van der Waals surface area contributed by atoms with Gasteiger partial charge in [0.1, 0.15) is 0 Å². The first kappa shape index (κ1) is 14.0. The Hall–Kier alpha value is -0.930. The summed E-state index contributed by atoms with van der Waals surface area (Å²) in [5.74, 6) is 1.06. The number of aromatic nitrogens is 1. The van der Waals surface area contributed by atoms with Crippen molar-refractivity contribution in [2.24, 2.45) is 5.92 Å². The van der Waals surface area contributed by atoms with Crippen LogP contribution in [0, 0.1) is 5.92 Å². The highest BCUT2D eigenvalue weighted by molar-refractivity contribution is 6.31. The third kappa shape index (κ3) is 3.04. The Morgan fingerprint density at radius 2 is 2.15 bits per heavy atom. The van der Waals surface area contributed by atoms with Crippen LogP contribution >= 0.6 is 11.6 Å². The first-order chi connectivity index (χ1) is 9.74. The lowest BCUT2D eigenvalue weighted by molar-refractivity contribution is -0.121. The fourth-order valence-corrected chi connectivity index (χ4v) is 3.79. The molecule has 108 valence electrons. The van der Waals surface area contributed by atoms with Crippen LogP contribution < -0.4 is 5.32 Å². The minimum atomic E-state index is 0.0126. The molecule has 0 aromatic carbocycles. The van der Waals surface area contributed by atoms with Crippen LogP contribution in [0.3, 0.4) is 0 Å². The molecular weight excluding hydrogens is 272 g/mol. The van der Waals surface area contributed by atoms with Crippen molar-refractivity contribution >= 4 is 17.4 Å². The van der Waals surface area contributed by atoms with Gasteiger partial charge in [-0.25, -0.2) is 0 Å². The maximum atomic E-state index is 12.5. The van der Waals surface area contributed by atoms with E-state index in [-0.39, 0.29) is 11.8 Å². The van der Waals surface area contributed by atoms with Crippen LogP contribution in [-0.2, 0) is 11.2 Å². The van der Waals surface area contributed by atoms with Gasteiger partial charge in [0.15, 0.2) is 5.78 Å². The van der Waals surface area contributed by atoms with Crippen LogP contribution in [0.15, 0.2) is 18.5 Å². The first-order valence-corrected chi connectivity index (χ1v) is 7.99. The van der Waals surface area contributed by atoms with Gasteiger partial charge in [-0.05, 0) is 43.2 Å². The normalized spacial score (nSPS) is 29.8. The molecule has 1 aliphatic heterocycles. The van der Waals surface area contributed by atoms with Crippen LogP contribution in [0.2, 0.25) is 5.02 Å². The molecule has 1 aromatic heterocycles. The Morgan fingerprint density at radius 1 is 1.30 bits per heavy atom. The van der Waals surface area contributed by atoms with Crippen molar-refractivity contribution in [2.45, 2.75) is 57.0 Å². The topological polar surface area (TPSA) is 42.0 Å². The van der Waals surface area contributed by atoms with Crippen LogP contribution in [0.5, 0.6) is 0 Å². The van der Waals surface area contributed by atoms with Crippen LogP contribution in [0.4, 0.5) is 0 Å². The SMILES string of the molecule is O=C(Cc1ccncc1Cl)C1CCC2CCCCC2N1. The molecule has 1 aliphatic carbocycles. The van der Waals surface area contributed by atoms with E-state index >= 15 is 0 Å². The predicted octanol–water partition coefficient (Wildman–Crippen LogP) is 3.16. The summed E-state index contributed by atoms with van der Waals surface area (Å²) in [5, 5.41) is 4.18. The molecule has 2 aliphatic rings. The van der Waals surface area contributed by atoms with Gasteiger partial charge in [0.05, 0.1) is 11.1 Å². The molecule has 0 amide bonds. The number of nitrogens with one attached hydrogen (secondary N) is 1. The lowest BCUT2D eigenvalue weighted by atomic mass is 9.77. The average molecular weight is 293 g/mol. The highest BCUT2D eigenvalue weighted by atomic mass is 35.5. The van der Waals surface area contributed by atoms with E-state index in [1.807, 2.05) is 6.07 Å². The van der Waals surface area contributed by atoms with Gasteiger partial charge >= 0.3 is 0 Å². The molecular formula is C16H21ClN2O. The highest BCUT2D eigenvalue weighted by Crippen LogP contribution is 2.32.